The molecular formula is C21H23N7O3S. The van der Waals surface area contributed by atoms with Gasteiger partial charge >= 0.3 is 0 Å². The number of phenolic OH excluding ortho intramolecular Hbond substituents is 1. The predicted octanol–water partition coefficient (Wildman–Crippen LogP) is 2.53. The molecule has 5 rings (SSSR count). The topological polar surface area (TPSA) is 129 Å². The van der Waals surface area contributed by atoms with Crippen LogP contribution in [-0.4, -0.2) is 67.6 Å². The van der Waals surface area contributed by atoms with Gasteiger partial charge in [-0.1, -0.05) is 11.3 Å². The largest absolute Gasteiger partial charge is 0.507 e. The lowest BCUT2D eigenvalue weighted by Crippen LogP contribution is -2.41. The Morgan fingerprint density at radius 2 is 2.03 bits per heavy atom. The maximum atomic E-state index is 10.6. The smallest absolute Gasteiger partial charge is 0.290 e. The molecule has 0 radical (unpaired) electrons. The molecule has 1 saturated heterocycles. The van der Waals surface area contributed by atoms with Crippen molar-refractivity contribution < 1.29 is 15.0 Å². The number of carboxylic acid groups (broad SMARTS) is 1. The van der Waals surface area contributed by atoms with Gasteiger partial charge in [0.2, 0.25) is 0 Å². The first kappa shape index (κ1) is 21.7. The highest BCUT2D eigenvalue weighted by Crippen LogP contribution is 2.34. The summed E-state index contributed by atoms with van der Waals surface area (Å²) in [5.41, 5.74) is 2.75. The van der Waals surface area contributed by atoms with Crippen molar-refractivity contribution in [3.63, 3.8) is 0 Å². The summed E-state index contributed by atoms with van der Waals surface area (Å²) in [6, 6.07) is 7.91. The molecule has 4 heterocycles. The number of benzene rings is 1. The molecule has 4 aromatic rings. The highest BCUT2D eigenvalue weighted by Gasteiger charge is 2.21. The Morgan fingerprint density at radius 1 is 1.25 bits per heavy atom. The van der Waals surface area contributed by atoms with Crippen molar-refractivity contribution in [1.82, 2.24) is 30.0 Å². The van der Waals surface area contributed by atoms with Crippen LogP contribution in [0.2, 0.25) is 0 Å². The van der Waals surface area contributed by atoms with Crippen molar-refractivity contribution >= 4 is 33.3 Å². The monoisotopic (exact) mass is 453 g/mol. The standard InChI is InChI=1S/C20H21N7OS.CH2O2/c1-26(13-4-6-21-7-5-13)20-23-19-18(29-20)11-16(24-25-19)15-3-2-14(10-17(15)28)27-9-8-22-12-27;2-1-3/h2-3,8-13,21,28H,4-7H2,1H3;1H,(H,2,3). The first-order valence-electron chi connectivity index (χ1n) is 10.1. The fourth-order valence-electron chi connectivity index (χ4n) is 3.67. The third-order valence-electron chi connectivity index (χ3n) is 5.36. The summed E-state index contributed by atoms with van der Waals surface area (Å²) in [6.07, 6.45) is 7.45. The van der Waals surface area contributed by atoms with Crippen molar-refractivity contribution in [1.29, 1.82) is 0 Å². The van der Waals surface area contributed by atoms with Gasteiger partial charge in [-0.05, 0) is 44.1 Å². The number of nitrogens with one attached hydrogen (secondary N) is 1. The van der Waals surface area contributed by atoms with Crippen LogP contribution in [-0.2, 0) is 4.79 Å². The average Bonchev–Trinajstić information content (AvgIpc) is 3.49. The van der Waals surface area contributed by atoms with E-state index in [0.29, 0.717) is 22.9 Å². The van der Waals surface area contributed by atoms with Gasteiger partial charge in [-0.15, -0.1) is 10.2 Å². The maximum Gasteiger partial charge on any atom is 0.290 e. The van der Waals surface area contributed by atoms with Crippen molar-refractivity contribution in [2.45, 2.75) is 18.9 Å². The number of carbonyl (C=O) groups is 1. The van der Waals surface area contributed by atoms with Crippen LogP contribution in [0.4, 0.5) is 5.13 Å². The number of hydrogen-bond donors (Lipinski definition) is 3. The predicted molar refractivity (Wildman–Crippen MR) is 122 cm³/mol. The van der Waals surface area contributed by atoms with Crippen molar-refractivity contribution in [3.05, 3.63) is 43.0 Å². The Hall–Kier alpha value is -3.57. The molecule has 0 amide bonds. The van der Waals surface area contributed by atoms with Gasteiger partial charge < -0.3 is 25.0 Å². The van der Waals surface area contributed by atoms with E-state index in [1.165, 1.54) is 0 Å². The van der Waals surface area contributed by atoms with Crippen LogP contribution in [0.15, 0.2) is 43.0 Å². The molecule has 3 N–H and O–H groups in total. The minimum Gasteiger partial charge on any atom is -0.507 e. The first-order chi connectivity index (χ1) is 15.6. The van der Waals surface area contributed by atoms with Gasteiger partial charge in [-0.25, -0.2) is 4.98 Å². The van der Waals surface area contributed by atoms with Crippen molar-refractivity contribution in [3.8, 4) is 22.7 Å². The van der Waals surface area contributed by atoms with E-state index in [9.17, 15) is 5.11 Å². The van der Waals surface area contributed by atoms with E-state index in [-0.39, 0.29) is 12.2 Å². The van der Waals surface area contributed by atoms with E-state index in [2.05, 4.69) is 37.4 Å². The van der Waals surface area contributed by atoms with E-state index >= 15 is 0 Å². The second-order valence-electron chi connectivity index (χ2n) is 7.28. The molecule has 0 aliphatic carbocycles. The number of piperidine rings is 1. The van der Waals surface area contributed by atoms with Crippen LogP contribution >= 0.6 is 11.3 Å². The third kappa shape index (κ3) is 4.53. The lowest BCUT2D eigenvalue weighted by Gasteiger charge is -2.31. The van der Waals surface area contributed by atoms with E-state index in [1.54, 1.807) is 29.9 Å². The van der Waals surface area contributed by atoms with Gasteiger partial charge in [0.15, 0.2) is 10.8 Å². The molecule has 10 nitrogen and oxygen atoms in total. The van der Waals surface area contributed by atoms with Crippen LogP contribution in [0.1, 0.15) is 12.8 Å². The number of imidazole rings is 1. The molecule has 0 unspecified atom stereocenters. The van der Waals surface area contributed by atoms with Gasteiger partial charge in [-0.3, -0.25) is 4.79 Å². The highest BCUT2D eigenvalue weighted by atomic mass is 32.1. The second-order valence-corrected chi connectivity index (χ2v) is 8.29. The van der Waals surface area contributed by atoms with Crippen LogP contribution in [0, 0.1) is 0 Å². The van der Waals surface area contributed by atoms with Gasteiger partial charge in [0.25, 0.3) is 6.47 Å². The average molecular weight is 454 g/mol. The van der Waals surface area contributed by atoms with Crippen LogP contribution in [0.3, 0.4) is 0 Å². The van der Waals surface area contributed by atoms with Gasteiger partial charge in [0, 0.05) is 37.1 Å². The maximum absolute atomic E-state index is 10.6. The summed E-state index contributed by atoms with van der Waals surface area (Å²) in [7, 11) is 2.10. The van der Waals surface area contributed by atoms with Crippen molar-refractivity contribution in [2.75, 3.05) is 25.0 Å². The quantitative estimate of drug-likeness (QED) is 0.399. The summed E-state index contributed by atoms with van der Waals surface area (Å²) in [5, 5.41) is 30.4. The third-order valence-corrected chi connectivity index (χ3v) is 6.44. The fourth-order valence-corrected chi connectivity index (χ4v) is 4.64. The van der Waals surface area contributed by atoms with Gasteiger partial charge in [0.05, 0.1) is 22.4 Å². The number of phenols is 1. The number of hydrogen-bond acceptors (Lipinski definition) is 9. The zero-order valence-corrected chi connectivity index (χ0v) is 18.2. The Labute approximate surface area is 188 Å². The Balaban J connectivity index is 0.000000775. The molecule has 32 heavy (non-hydrogen) atoms. The lowest BCUT2D eigenvalue weighted by atomic mass is 10.1. The van der Waals surface area contributed by atoms with E-state index in [1.807, 2.05) is 29.0 Å². The highest BCUT2D eigenvalue weighted by molar-refractivity contribution is 7.22. The Bertz CT molecular complexity index is 1190. The molecule has 166 valence electrons. The van der Waals surface area contributed by atoms with E-state index in [0.717, 1.165) is 41.5 Å². The normalized spacial score (nSPS) is 14.0. The second kappa shape index (κ2) is 9.71. The summed E-state index contributed by atoms with van der Waals surface area (Å²) in [6.45, 7) is 1.83. The summed E-state index contributed by atoms with van der Waals surface area (Å²) in [4.78, 5) is 19.3. The van der Waals surface area contributed by atoms with Gasteiger partial charge in [0.1, 0.15) is 5.75 Å². The number of aromatic nitrogens is 5. The number of fused-ring (bicyclic) bond motifs is 1. The zero-order valence-electron chi connectivity index (χ0n) is 17.4. The number of aromatic hydroxyl groups is 1. The molecule has 1 aromatic carbocycles. The zero-order chi connectivity index (χ0) is 22.5. The molecule has 1 aliphatic heterocycles. The Morgan fingerprint density at radius 3 is 2.72 bits per heavy atom. The number of rotatable bonds is 4. The lowest BCUT2D eigenvalue weighted by molar-refractivity contribution is -0.122. The molecule has 0 saturated carbocycles. The number of thiazole rings is 1. The molecule has 1 aliphatic rings. The van der Waals surface area contributed by atoms with E-state index < -0.39 is 0 Å². The van der Waals surface area contributed by atoms with Crippen molar-refractivity contribution in [2.24, 2.45) is 0 Å². The molecule has 3 aromatic heterocycles. The minimum atomic E-state index is -0.250. The molecule has 11 heteroatoms. The summed E-state index contributed by atoms with van der Waals surface area (Å²) < 4.78 is 2.80. The Kier molecular flexibility index (Phi) is 6.57. The SMILES string of the molecule is CN(c1nc2nnc(-c3ccc(-n4ccnc4)cc3O)cc2s1)C1CCNCC1.O=CO. The minimum absolute atomic E-state index is 0.154. The molecule has 0 spiro atoms. The van der Waals surface area contributed by atoms with E-state index in [4.69, 9.17) is 9.90 Å². The van der Waals surface area contributed by atoms with Crippen LogP contribution in [0.5, 0.6) is 5.75 Å². The molecular weight excluding hydrogens is 430 g/mol. The molecule has 0 atom stereocenters. The molecule has 1 fully saturated rings. The number of anilines is 1. The molecule has 0 bridgehead atoms. The fraction of sp³-hybridized carbons (Fsp3) is 0.286. The first-order valence-corrected chi connectivity index (χ1v) is 10.9. The van der Waals surface area contributed by atoms with Crippen LogP contribution in [0.25, 0.3) is 27.3 Å². The van der Waals surface area contributed by atoms with Crippen LogP contribution < -0.4 is 10.2 Å². The summed E-state index contributed by atoms with van der Waals surface area (Å²) >= 11 is 1.61. The summed E-state index contributed by atoms with van der Waals surface area (Å²) in [5.74, 6) is 0.154. The van der Waals surface area contributed by atoms with Gasteiger partial charge in [-0.2, -0.15) is 4.98 Å². The number of nitrogens with zero attached hydrogens (tertiary/aromatic N) is 6.